The average Bonchev–Trinajstić information content (AvgIpc) is 2.95. The Bertz CT molecular complexity index is 631. The Kier molecular flexibility index (Phi) is 4.49. The summed E-state index contributed by atoms with van der Waals surface area (Å²) in [5.74, 6) is -0.268. The van der Waals surface area contributed by atoms with Crippen LogP contribution in [0.15, 0.2) is 24.4 Å². The quantitative estimate of drug-likeness (QED) is 0.858. The molecule has 5 nitrogen and oxygen atoms in total. The number of piperazine rings is 1. The summed E-state index contributed by atoms with van der Waals surface area (Å²) in [5, 5.41) is 8.22. The lowest BCUT2D eigenvalue weighted by Gasteiger charge is -2.32. The van der Waals surface area contributed by atoms with Crippen LogP contribution in [0.25, 0.3) is 5.69 Å². The van der Waals surface area contributed by atoms with Gasteiger partial charge in [-0.15, -0.1) is 5.10 Å². The van der Waals surface area contributed by atoms with Gasteiger partial charge in [0.2, 0.25) is 0 Å². The van der Waals surface area contributed by atoms with Crippen LogP contribution in [0.1, 0.15) is 11.3 Å². The molecule has 118 valence electrons. The molecule has 0 unspecified atom stereocenters. The van der Waals surface area contributed by atoms with Crippen LogP contribution in [-0.2, 0) is 6.42 Å². The summed E-state index contributed by atoms with van der Waals surface area (Å²) in [6, 6.07) is 5.13. The number of aryl methyl sites for hydroxylation is 1. The molecular formula is C16H22FN5. The van der Waals surface area contributed by atoms with Crippen molar-refractivity contribution in [2.24, 2.45) is 0 Å². The van der Waals surface area contributed by atoms with Crippen molar-refractivity contribution in [1.82, 2.24) is 24.8 Å². The van der Waals surface area contributed by atoms with Crippen LogP contribution in [0, 0.1) is 12.7 Å². The molecule has 1 aromatic heterocycles. The summed E-state index contributed by atoms with van der Waals surface area (Å²) < 4.78 is 15.5. The van der Waals surface area contributed by atoms with Gasteiger partial charge in [-0.3, -0.25) is 0 Å². The molecule has 1 saturated heterocycles. The number of aromatic nitrogens is 3. The molecule has 0 N–H and O–H groups in total. The van der Waals surface area contributed by atoms with Gasteiger partial charge in [0.15, 0.2) is 0 Å². The second kappa shape index (κ2) is 6.54. The fourth-order valence-electron chi connectivity index (χ4n) is 2.67. The van der Waals surface area contributed by atoms with Gasteiger partial charge in [-0.25, -0.2) is 9.07 Å². The van der Waals surface area contributed by atoms with Crippen molar-refractivity contribution in [3.8, 4) is 5.69 Å². The first-order valence-electron chi connectivity index (χ1n) is 7.70. The van der Waals surface area contributed by atoms with E-state index in [1.54, 1.807) is 6.07 Å². The molecular weight excluding hydrogens is 281 g/mol. The topological polar surface area (TPSA) is 37.2 Å². The Morgan fingerprint density at radius 1 is 1.18 bits per heavy atom. The Labute approximate surface area is 130 Å². The molecule has 0 bridgehead atoms. The van der Waals surface area contributed by atoms with E-state index >= 15 is 0 Å². The number of hydrogen-bond donors (Lipinski definition) is 0. The van der Waals surface area contributed by atoms with Crippen LogP contribution in [0.5, 0.6) is 0 Å². The van der Waals surface area contributed by atoms with Crippen molar-refractivity contribution in [1.29, 1.82) is 0 Å². The van der Waals surface area contributed by atoms with Gasteiger partial charge in [-0.2, -0.15) is 0 Å². The van der Waals surface area contributed by atoms with E-state index in [-0.39, 0.29) is 5.82 Å². The van der Waals surface area contributed by atoms with Crippen molar-refractivity contribution in [3.05, 3.63) is 41.5 Å². The van der Waals surface area contributed by atoms with Crippen LogP contribution in [0.4, 0.5) is 4.39 Å². The maximum absolute atomic E-state index is 14.0. The van der Waals surface area contributed by atoms with Crippen LogP contribution >= 0.6 is 0 Å². The lowest BCUT2D eigenvalue weighted by Crippen LogP contribution is -2.45. The molecule has 3 rings (SSSR count). The largest absolute Gasteiger partial charge is 0.304 e. The molecule has 0 radical (unpaired) electrons. The maximum Gasteiger partial charge on any atom is 0.149 e. The van der Waals surface area contributed by atoms with Gasteiger partial charge in [0.05, 0.1) is 11.9 Å². The zero-order valence-corrected chi connectivity index (χ0v) is 13.2. The molecule has 2 heterocycles. The summed E-state index contributed by atoms with van der Waals surface area (Å²) in [4.78, 5) is 4.78. The number of hydrogen-bond acceptors (Lipinski definition) is 4. The van der Waals surface area contributed by atoms with E-state index in [1.165, 1.54) is 10.7 Å². The van der Waals surface area contributed by atoms with E-state index in [1.807, 2.05) is 19.2 Å². The SMILES string of the molecule is Cc1ccc(-n2cc(CCN3CCN(C)CC3)nn2)c(F)c1. The van der Waals surface area contributed by atoms with E-state index in [4.69, 9.17) is 0 Å². The number of nitrogens with zero attached hydrogens (tertiary/aromatic N) is 5. The minimum absolute atomic E-state index is 0.268. The molecule has 0 spiro atoms. The molecule has 1 aromatic carbocycles. The fourth-order valence-corrected chi connectivity index (χ4v) is 2.67. The lowest BCUT2D eigenvalue weighted by molar-refractivity contribution is 0.155. The van der Waals surface area contributed by atoms with Gasteiger partial charge in [0.1, 0.15) is 11.5 Å². The first kappa shape index (κ1) is 15.1. The Hall–Kier alpha value is -1.79. The first-order chi connectivity index (χ1) is 10.6. The van der Waals surface area contributed by atoms with Crippen LogP contribution in [0.2, 0.25) is 0 Å². The second-order valence-corrected chi connectivity index (χ2v) is 6.00. The zero-order chi connectivity index (χ0) is 15.5. The van der Waals surface area contributed by atoms with Gasteiger partial charge >= 0.3 is 0 Å². The number of benzene rings is 1. The van der Waals surface area contributed by atoms with E-state index in [0.29, 0.717) is 5.69 Å². The average molecular weight is 303 g/mol. The van der Waals surface area contributed by atoms with Gasteiger partial charge in [-0.1, -0.05) is 11.3 Å². The lowest BCUT2D eigenvalue weighted by atomic mass is 10.2. The summed E-state index contributed by atoms with van der Waals surface area (Å²) in [7, 11) is 2.15. The molecule has 1 fully saturated rings. The molecule has 2 aromatic rings. The molecule has 1 aliphatic rings. The standard InChI is InChI=1S/C16H22FN5/c1-13-3-4-16(15(17)11-13)22-12-14(18-19-22)5-6-21-9-7-20(2)8-10-21/h3-4,11-12H,5-10H2,1-2H3. The summed E-state index contributed by atoms with van der Waals surface area (Å²) in [6.07, 6.45) is 2.67. The van der Waals surface area contributed by atoms with E-state index in [2.05, 4.69) is 27.2 Å². The highest BCUT2D eigenvalue weighted by Gasteiger charge is 2.14. The summed E-state index contributed by atoms with van der Waals surface area (Å²) in [5.41, 5.74) is 2.25. The third-order valence-corrected chi connectivity index (χ3v) is 4.17. The monoisotopic (exact) mass is 303 g/mol. The van der Waals surface area contributed by atoms with E-state index in [0.717, 1.165) is 50.4 Å². The summed E-state index contributed by atoms with van der Waals surface area (Å²) >= 11 is 0. The Morgan fingerprint density at radius 2 is 1.95 bits per heavy atom. The maximum atomic E-state index is 14.0. The highest BCUT2D eigenvalue weighted by atomic mass is 19.1. The number of rotatable bonds is 4. The fraction of sp³-hybridized carbons (Fsp3) is 0.500. The minimum atomic E-state index is -0.268. The van der Waals surface area contributed by atoms with Gasteiger partial charge in [0.25, 0.3) is 0 Å². The van der Waals surface area contributed by atoms with Crippen molar-refractivity contribution in [3.63, 3.8) is 0 Å². The smallest absolute Gasteiger partial charge is 0.149 e. The predicted molar refractivity (Wildman–Crippen MR) is 83.7 cm³/mol. The molecule has 0 amide bonds. The first-order valence-corrected chi connectivity index (χ1v) is 7.70. The number of halogens is 1. The number of likely N-dealkylation sites (N-methyl/N-ethyl adjacent to an activating group) is 1. The third-order valence-electron chi connectivity index (χ3n) is 4.17. The normalized spacial score (nSPS) is 17.0. The van der Waals surface area contributed by atoms with Gasteiger partial charge < -0.3 is 9.80 Å². The van der Waals surface area contributed by atoms with Crippen LogP contribution in [-0.4, -0.2) is 64.6 Å². The van der Waals surface area contributed by atoms with Crippen molar-refractivity contribution in [2.45, 2.75) is 13.3 Å². The second-order valence-electron chi connectivity index (χ2n) is 6.00. The predicted octanol–water partition coefficient (Wildman–Crippen LogP) is 1.50. The van der Waals surface area contributed by atoms with Crippen molar-refractivity contribution < 1.29 is 4.39 Å². The highest BCUT2D eigenvalue weighted by Crippen LogP contribution is 2.14. The molecule has 0 atom stereocenters. The molecule has 22 heavy (non-hydrogen) atoms. The molecule has 0 saturated carbocycles. The Balaban J connectivity index is 1.61. The third kappa shape index (κ3) is 3.51. The van der Waals surface area contributed by atoms with Crippen LogP contribution < -0.4 is 0 Å². The van der Waals surface area contributed by atoms with Crippen LogP contribution in [0.3, 0.4) is 0 Å². The highest BCUT2D eigenvalue weighted by molar-refractivity contribution is 5.35. The van der Waals surface area contributed by atoms with Crippen molar-refractivity contribution >= 4 is 0 Å². The van der Waals surface area contributed by atoms with Gasteiger partial charge in [-0.05, 0) is 31.7 Å². The van der Waals surface area contributed by atoms with Crippen molar-refractivity contribution in [2.75, 3.05) is 39.8 Å². The molecule has 0 aliphatic carbocycles. The minimum Gasteiger partial charge on any atom is -0.304 e. The van der Waals surface area contributed by atoms with E-state index in [9.17, 15) is 4.39 Å². The van der Waals surface area contributed by atoms with Gasteiger partial charge in [0, 0.05) is 39.1 Å². The molecule has 6 heteroatoms. The zero-order valence-electron chi connectivity index (χ0n) is 13.2. The van der Waals surface area contributed by atoms with E-state index < -0.39 is 0 Å². The summed E-state index contributed by atoms with van der Waals surface area (Å²) in [6.45, 7) is 7.26. The molecule has 1 aliphatic heterocycles. The Morgan fingerprint density at radius 3 is 2.68 bits per heavy atom.